The van der Waals surface area contributed by atoms with Crippen molar-refractivity contribution in [1.82, 2.24) is 20.2 Å². The number of nitrogens with zero attached hydrogens (tertiary/aromatic N) is 4. The molecular formula is C19H25N5O2. The van der Waals surface area contributed by atoms with Crippen molar-refractivity contribution in [3.63, 3.8) is 0 Å². The van der Waals surface area contributed by atoms with Gasteiger partial charge in [0.15, 0.2) is 0 Å². The predicted molar refractivity (Wildman–Crippen MR) is 101 cm³/mol. The number of anilines is 1. The molecule has 1 aliphatic rings. The molecule has 0 unspecified atom stereocenters. The number of pyridine rings is 2. The van der Waals surface area contributed by atoms with E-state index < -0.39 is 0 Å². The highest BCUT2D eigenvalue weighted by Gasteiger charge is 2.19. The lowest BCUT2D eigenvalue weighted by molar-refractivity contribution is 0.0946. The number of nitrogens with one attached hydrogen (secondary N) is 1. The van der Waals surface area contributed by atoms with Crippen LogP contribution in [0.3, 0.4) is 0 Å². The third kappa shape index (κ3) is 4.29. The fourth-order valence-electron chi connectivity index (χ4n) is 2.96. The molecule has 0 aliphatic carbocycles. The topological polar surface area (TPSA) is 70.6 Å². The van der Waals surface area contributed by atoms with Gasteiger partial charge in [0.05, 0.1) is 6.61 Å². The first-order valence-electron chi connectivity index (χ1n) is 8.92. The van der Waals surface area contributed by atoms with E-state index in [4.69, 9.17) is 4.74 Å². The van der Waals surface area contributed by atoms with Crippen LogP contribution in [0.1, 0.15) is 22.8 Å². The molecule has 1 aliphatic heterocycles. The van der Waals surface area contributed by atoms with Gasteiger partial charge < -0.3 is 19.9 Å². The number of carbonyl (C=O) groups excluding carboxylic acids is 1. The van der Waals surface area contributed by atoms with Gasteiger partial charge in [-0.05, 0) is 32.2 Å². The van der Waals surface area contributed by atoms with Crippen molar-refractivity contribution in [3.05, 3.63) is 47.8 Å². The highest BCUT2D eigenvalue weighted by Crippen LogP contribution is 2.19. The van der Waals surface area contributed by atoms with Crippen LogP contribution >= 0.6 is 0 Å². The lowest BCUT2D eigenvalue weighted by Gasteiger charge is -2.34. The molecule has 1 fully saturated rings. The summed E-state index contributed by atoms with van der Waals surface area (Å²) in [4.78, 5) is 25.8. The van der Waals surface area contributed by atoms with E-state index in [2.05, 4.69) is 32.1 Å². The summed E-state index contributed by atoms with van der Waals surface area (Å²) in [6.45, 7) is 6.64. The van der Waals surface area contributed by atoms with E-state index in [1.165, 1.54) is 0 Å². The van der Waals surface area contributed by atoms with Crippen molar-refractivity contribution in [2.75, 3.05) is 44.7 Å². The van der Waals surface area contributed by atoms with Gasteiger partial charge in [0, 0.05) is 50.7 Å². The van der Waals surface area contributed by atoms with E-state index in [1.807, 2.05) is 19.1 Å². The molecule has 1 saturated heterocycles. The van der Waals surface area contributed by atoms with E-state index in [0.717, 1.165) is 37.6 Å². The first-order chi connectivity index (χ1) is 12.7. The average Bonchev–Trinajstić information content (AvgIpc) is 2.68. The quantitative estimate of drug-likeness (QED) is 0.848. The fraction of sp³-hybridized carbons (Fsp3) is 0.421. The summed E-state index contributed by atoms with van der Waals surface area (Å²) in [7, 11) is 2.13. The van der Waals surface area contributed by atoms with Gasteiger partial charge >= 0.3 is 0 Å². The molecule has 7 nitrogen and oxygen atoms in total. The van der Waals surface area contributed by atoms with Crippen molar-refractivity contribution in [1.29, 1.82) is 0 Å². The fourth-order valence-corrected chi connectivity index (χ4v) is 2.96. The Hall–Kier alpha value is -2.67. The number of aromatic nitrogens is 2. The summed E-state index contributed by atoms with van der Waals surface area (Å²) in [6, 6.07) is 7.36. The molecule has 0 radical (unpaired) electrons. The molecule has 0 spiro atoms. The minimum Gasteiger partial charge on any atom is -0.477 e. The van der Waals surface area contributed by atoms with Crippen LogP contribution in [0.2, 0.25) is 0 Å². The minimum absolute atomic E-state index is 0.199. The first kappa shape index (κ1) is 18.1. The Morgan fingerprint density at radius 2 is 1.88 bits per heavy atom. The largest absolute Gasteiger partial charge is 0.477 e. The average molecular weight is 355 g/mol. The molecule has 138 valence electrons. The van der Waals surface area contributed by atoms with Crippen molar-refractivity contribution >= 4 is 11.7 Å². The second-order valence-corrected chi connectivity index (χ2v) is 6.25. The molecular weight excluding hydrogens is 330 g/mol. The molecule has 2 aromatic heterocycles. The van der Waals surface area contributed by atoms with Gasteiger partial charge in [-0.25, -0.2) is 9.97 Å². The number of likely N-dealkylation sites (N-methyl/N-ethyl adjacent to an activating group) is 1. The number of hydrogen-bond donors (Lipinski definition) is 1. The van der Waals surface area contributed by atoms with Gasteiger partial charge in [0.25, 0.3) is 5.91 Å². The smallest absolute Gasteiger partial charge is 0.257 e. The van der Waals surface area contributed by atoms with Crippen LogP contribution < -0.4 is 15.0 Å². The summed E-state index contributed by atoms with van der Waals surface area (Å²) in [5.74, 6) is 1.10. The Kier molecular flexibility index (Phi) is 6.01. The second-order valence-electron chi connectivity index (χ2n) is 6.25. The lowest BCUT2D eigenvalue weighted by Crippen LogP contribution is -2.45. The Balaban J connectivity index is 1.69. The van der Waals surface area contributed by atoms with Crippen LogP contribution in [0.15, 0.2) is 36.7 Å². The molecule has 0 bridgehead atoms. The molecule has 2 aromatic rings. The third-order valence-electron chi connectivity index (χ3n) is 4.41. The van der Waals surface area contributed by atoms with Gasteiger partial charge in [0.1, 0.15) is 11.4 Å². The van der Waals surface area contributed by atoms with Crippen LogP contribution in [0.5, 0.6) is 5.88 Å². The predicted octanol–water partition coefficient (Wildman–Crippen LogP) is 1.56. The highest BCUT2D eigenvalue weighted by atomic mass is 16.5. The number of amides is 1. The van der Waals surface area contributed by atoms with E-state index in [9.17, 15) is 4.79 Å². The Morgan fingerprint density at radius 3 is 2.65 bits per heavy atom. The number of carbonyl (C=O) groups is 1. The molecule has 0 saturated carbocycles. The number of hydrogen-bond acceptors (Lipinski definition) is 6. The maximum Gasteiger partial charge on any atom is 0.257 e. The lowest BCUT2D eigenvalue weighted by atomic mass is 10.2. The molecule has 0 atom stereocenters. The summed E-state index contributed by atoms with van der Waals surface area (Å²) in [6.07, 6.45) is 3.42. The maximum absolute atomic E-state index is 12.6. The van der Waals surface area contributed by atoms with Gasteiger partial charge in [-0.3, -0.25) is 4.79 Å². The summed E-state index contributed by atoms with van der Waals surface area (Å²) >= 11 is 0. The maximum atomic E-state index is 12.6. The zero-order valence-electron chi connectivity index (χ0n) is 15.3. The van der Waals surface area contributed by atoms with Crippen LogP contribution in [-0.2, 0) is 6.54 Å². The normalized spacial score (nSPS) is 14.9. The third-order valence-corrected chi connectivity index (χ3v) is 4.41. The summed E-state index contributed by atoms with van der Waals surface area (Å²) < 4.78 is 5.44. The van der Waals surface area contributed by atoms with Crippen LogP contribution in [0, 0.1) is 0 Å². The Morgan fingerprint density at radius 1 is 1.15 bits per heavy atom. The van der Waals surface area contributed by atoms with Gasteiger partial charge in [-0.15, -0.1) is 0 Å². The molecule has 7 heteroatoms. The minimum atomic E-state index is -0.199. The van der Waals surface area contributed by atoms with Crippen LogP contribution in [-0.4, -0.2) is 60.6 Å². The highest BCUT2D eigenvalue weighted by molar-refractivity contribution is 5.96. The van der Waals surface area contributed by atoms with Crippen molar-refractivity contribution in [3.8, 4) is 5.88 Å². The second kappa shape index (κ2) is 8.62. The van der Waals surface area contributed by atoms with Crippen molar-refractivity contribution < 1.29 is 9.53 Å². The van der Waals surface area contributed by atoms with Gasteiger partial charge in [0.2, 0.25) is 5.88 Å². The molecule has 1 amide bonds. The van der Waals surface area contributed by atoms with E-state index >= 15 is 0 Å². The standard InChI is InChI=1S/C19H25N5O2/c1-3-26-19-16(7-5-9-21-19)18(25)22-14-15-6-4-8-20-17(15)24-12-10-23(2)11-13-24/h4-9H,3,10-14H2,1-2H3,(H,22,25). The monoisotopic (exact) mass is 355 g/mol. The Bertz CT molecular complexity index is 744. The molecule has 26 heavy (non-hydrogen) atoms. The summed E-state index contributed by atoms with van der Waals surface area (Å²) in [5, 5.41) is 2.97. The first-order valence-corrected chi connectivity index (χ1v) is 8.92. The number of piperazine rings is 1. The molecule has 3 heterocycles. The van der Waals surface area contributed by atoms with Crippen LogP contribution in [0.25, 0.3) is 0 Å². The molecule has 0 aromatic carbocycles. The van der Waals surface area contributed by atoms with Gasteiger partial charge in [-0.1, -0.05) is 6.07 Å². The van der Waals surface area contributed by atoms with Crippen LogP contribution in [0.4, 0.5) is 5.82 Å². The molecule has 3 rings (SSSR count). The van der Waals surface area contributed by atoms with Crippen molar-refractivity contribution in [2.45, 2.75) is 13.5 Å². The Labute approximate surface area is 154 Å². The number of ether oxygens (including phenoxy) is 1. The van der Waals surface area contributed by atoms with E-state index in [0.29, 0.717) is 24.6 Å². The SMILES string of the molecule is CCOc1ncccc1C(=O)NCc1cccnc1N1CCN(C)CC1. The van der Waals surface area contributed by atoms with E-state index in [1.54, 1.807) is 24.5 Å². The zero-order valence-corrected chi connectivity index (χ0v) is 15.3. The van der Waals surface area contributed by atoms with Crippen molar-refractivity contribution in [2.24, 2.45) is 0 Å². The zero-order chi connectivity index (χ0) is 18.4. The van der Waals surface area contributed by atoms with E-state index in [-0.39, 0.29) is 5.91 Å². The molecule has 1 N–H and O–H groups in total. The van der Waals surface area contributed by atoms with Gasteiger partial charge in [-0.2, -0.15) is 0 Å². The number of rotatable bonds is 6. The summed E-state index contributed by atoms with van der Waals surface area (Å²) in [5.41, 5.74) is 1.45.